The molecule has 17 heavy (non-hydrogen) atoms. The maximum Gasteiger partial charge on any atom is 0.125 e. The van der Waals surface area contributed by atoms with Crippen LogP contribution in [0.5, 0.6) is 5.75 Å². The van der Waals surface area contributed by atoms with E-state index in [0.717, 1.165) is 16.2 Å². The number of aromatic nitrogens is 1. The van der Waals surface area contributed by atoms with E-state index < -0.39 is 6.10 Å². The van der Waals surface area contributed by atoms with Gasteiger partial charge in [0, 0.05) is 11.8 Å². The van der Waals surface area contributed by atoms with E-state index in [1.165, 1.54) is 11.3 Å². The first-order chi connectivity index (χ1) is 8.18. The number of hydrogen-bond acceptors (Lipinski definition) is 4. The Morgan fingerprint density at radius 2 is 2.06 bits per heavy atom. The zero-order valence-corrected chi connectivity index (χ0v) is 10.6. The quantitative estimate of drug-likeness (QED) is 0.905. The Morgan fingerprint density at radius 1 is 1.29 bits per heavy atom. The first-order valence-corrected chi connectivity index (χ1v) is 6.38. The third-order valence-corrected chi connectivity index (χ3v) is 3.13. The summed E-state index contributed by atoms with van der Waals surface area (Å²) in [7, 11) is 0. The maximum absolute atomic E-state index is 10.3. The van der Waals surface area contributed by atoms with Crippen molar-refractivity contribution in [1.82, 2.24) is 4.98 Å². The number of aliphatic hydroxyl groups is 1. The molecule has 2 rings (SSSR count). The number of benzene rings is 1. The smallest absolute Gasteiger partial charge is 0.125 e. The van der Waals surface area contributed by atoms with E-state index in [9.17, 15) is 5.11 Å². The van der Waals surface area contributed by atoms with Gasteiger partial charge in [0.25, 0.3) is 0 Å². The van der Waals surface area contributed by atoms with Crippen LogP contribution in [0.2, 0.25) is 0 Å². The van der Waals surface area contributed by atoms with Crippen molar-refractivity contribution in [3.05, 3.63) is 46.4 Å². The van der Waals surface area contributed by atoms with Crippen molar-refractivity contribution in [2.75, 3.05) is 0 Å². The van der Waals surface area contributed by atoms with Crippen LogP contribution in [0, 0.1) is 0 Å². The molecule has 1 heterocycles. The Bertz CT molecular complexity index is 468. The van der Waals surface area contributed by atoms with Gasteiger partial charge in [0.1, 0.15) is 11.9 Å². The third-order valence-electron chi connectivity index (χ3n) is 2.30. The minimum Gasteiger partial charge on any atom is -0.491 e. The molecule has 0 aliphatic heterocycles. The molecule has 1 N–H and O–H groups in total. The van der Waals surface area contributed by atoms with E-state index in [2.05, 4.69) is 4.98 Å². The average molecular weight is 249 g/mol. The molecule has 0 bridgehead atoms. The van der Waals surface area contributed by atoms with Crippen LogP contribution < -0.4 is 4.74 Å². The van der Waals surface area contributed by atoms with E-state index >= 15 is 0 Å². The van der Waals surface area contributed by atoms with Gasteiger partial charge in [0.05, 0.1) is 16.5 Å². The standard InChI is InChI=1S/C13H15NO2S/c1-9(2)16-11-6-4-3-5-10(11)13(15)12-7-14-8-17-12/h3-9,13,15H,1-2H3. The number of nitrogens with zero attached hydrogens (tertiary/aromatic N) is 1. The van der Waals surface area contributed by atoms with Crippen LogP contribution in [-0.4, -0.2) is 16.2 Å². The van der Waals surface area contributed by atoms with Crippen molar-refractivity contribution >= 4 is 11.3 Å². The highest BCUT2D eigenvalue weighted by Gasteiger charge is 2.17. The fourth-order valence-corrected chi connectivity index (χ4v) is 2.20. The van der Waals surface area contributed by atoms with Crippen LogP contribution in [0.15, 0.2) is 36.0 Å². The van der Waals surface area contributed by atoms with Crippen molar-refractivity contribution < 1.29 is 9.84 Å². The minimum absolute atomic E-state index is 0.0878. The van der Waals surface area contributed by atoms with Crippen molar-refractivity contribution in [2.45, 2.75) is 26.1 Å². The van der Waals surface area contributed by atoms with Gasteiger partial charge >= 0.3 is 0 Å². The second-order valence-corrected chi connectivity index (χ2v) is 4.93. The summed E-state index contributed by atoms with van der Waals surface area (Å²) in [6.45, 7) is 3.94. The van der Waals surface area contributed by atoms with Crippen molar-refractivity contribution in [3.8, 4) is 5.75 Å². The van der Waals surface area contributed by atoms with Gasteiger partial charge in [-0.15, -0.1) is 11.3 Å². The summed E-state index contributed by atoms with van der Waals surface area (Å²) in [5.41, 5.74) is 2.50. The number of thiazole rings is 1. The molecular weight excluding hydrogens is 234 g/mol. The summed E-state index contributed by atoms with van der Waals surface area (Å²) in [6.07, 6.45) is 1.10. The van der Waals surface area contributed by atoms with Gasteiger partial charge in [-0.3, -0.25) is 4.98 Å². The van der Waals surface area contributed by atoms with Gasteiger partial charge in [-0.2, -0.15) is 0 Å². The fraction of sp³-hybridized carbons (Fsp3) is 0.308. The molecule has 1 aromatic carbocycles. The lowest BCUT2D eigenvalue weighted by Gasteiger charge is -2.16. The summed E-state index contributed by atoms with van der Waals surface area (Å²) < 4.78 is 5.69. The molecule has 0 aliphatic carbocycles. The summed E-state index contributed by atoms with van der Waals surface area (Å²) in [5.74, 6) is 0.725. The predicted molar refractivity (Wildman–Crippen MR) is 68.4 cm³/mol. The summed E-state index contributed by atoms with van der Waals surface area (Å²) >= 11 is 1.44. The van der Waals surface area contributed by atoms with Crippen molar-refractivity contribution in [1.29, 1.82) is 0 Å². The second-order valence-electron chi connectivity index (χ2n) is 4.01. The zero-order valence-electron chi connectivity index (χ0n) is 9.83. The first kappa shape index (κ1) is 12.1. The second kappa shape index (κ2) is 5.29. The monoisotopic (exact) mass is 249 g/mol. The van der Waals surface area contributed by atoms with Crippen molar-refractivity contribution in [3.63, 3.8) is 0 Å². The molecule has 0 spiro atoms. The topological polar surface area (TPSA) is 42.4 Å². The Kier molecular flexibility index (Phi) is 3.76. The summed E-state index contributed by atoms with van der Waals surface area (Å²) in [6, 6.07) is 7.55. The summed E-state index contributed by atoms with van der Waals surface area (Å²) in [5, 5.41) is 10.3. The van der Waals surface area contributed by atoms with E-state index in [0.29, 0.717) is 0 Å². The van der Waals surface area contributed by atoms with E-state index in [1.54, 1.807) is 11.7 Å². The maximum atomic E-state index is 10.3. The minimum atomic E-state index is -0.669. The van der Waals surface area contributed by atoms with Gasteiger partial charge in [-0.05, 0) is 19.9 Å². The van der Waals surface area contributed by atoms with Gasteiger partial charge in [-0.25, -0.2) is 0 Å². The van der Waals surface area contributed by atoms with Crippen LogP contribution in [-0.2, 0) is 0 Å². The average Bonchev–Trinajstić information content (AvgIpc) is 2.81. The molecule has 3 nitrogen and oxygen atoms in total. The third kappa shape index (κ3) is 2.84. The molecular formula is C13H15NO2S. The Hall–Kier alpha value is -1.39. The highest BCUT2D eigenvalue weighted by atomic mass is 32.1. The number of rotatable bonds is 4. The molecule has 0 saturated carbocycles. The highest BCUT2D eigenvalue weighted by Crippen LogP contribution is 2.31. The lowest BCUT2D eigenvalue weighted by molar-refractivity contribution is 0.200. The normalized spacial score (nSPS) is 12.7. The van der Waals surface area contributed by atoms with Crippen LogP contribution in [0.4, 0.5) is 0 Å². The molecule has 0 fully saturated rings. The van der Waals surface area contributed by atoms with Gasteiger partial charge in [-0.1, -0.05) is 18.2 Å². The van der Waals surface area contributed by atoms with Crippen LogP contribution >= 0.6 is 11.3 Å². The Labute approximate surface area is 105 Å². The lowest BCUT2D eigenvalue weighted by atomic mass is 10.1. The molecule has 90 valence electrons. The molecule has 0 radical (unpaired) electrons. The fourth-order valence-electron chi connectivity index (χ4n) is 1.58. The van der Waals surface area contributed by atoms with E-state index in [4.69, 9.17) is 4.74 Å². The largest absolute Gasteiger partial charge is 0.491 e. The molecule has 1 aromatic heterocycles. The highest BCUT2D eigenvalue weighted by molar-refractivity contribution is 7.09. The summed E-state index contributed by atoms with van der Waals surface area (Å²) in [4.78, 5) is 4.80. The van der Waals surface area contributed by atoms with Crippen LogP contribution in [0.3, 0.4) is 0 Å². The van der Waals surface area contributed by atoms with Gasteiger partial charge < -0.3 is 9.84 Å². The Balaban J connectivity index is 2.31. The van der Waals surface area contributed by atoms with Crippen LogP contribution in [0.1, 0.15) is 30.4 Å². The number of para-hydroxylation sites is 1. The molecule has 0 saturated heterocycles. The number of aliphatic hydroxyl groups excluding tert-OH is 1. The number of ether oxygens (including phenoxy) is 1. The molecule has 0 aliphatic rings. The van der Waals surface area contributed by atoms with Crippen molar-refractivity contribution in [2.24, 2.45) is 0 Å². The van der Waals surface area contributed by atoms with E-state index in [1.807, 2.05) is 38.1 Å². The number of hydrogen-bond donors (Lipinski definition) is 1. The Morgan fingerprint density at radius 3 is 2.71 bits per heavy atom. The van der Waals surface area contributed by atoms with E-state index in [-0.39, 0.29) is 6.10 Å². The van der Waals surface area contributed by atoms with Gasteiger partial charge in [0.2, 0.25) is 0 Å². The molecule has 1 unspecified atom stereocenters. The lowest BCUT2D eigenvalue weighted by Crippen LogP contribution is -2.09. The predicted octanol–water partition coefficient (Wildman–Crippen LogP) is 3.01. The molecule has 0 amide bonds. The molecule has 2 aromatic rings. The first-order valence-electron chi connectivity index (χ1n) is 5.50. The zero-order chi connectivity index (χ0) is 12.3. The molecule has 4 heteroatoms. The molecule has 1 atom stereocenters. The van der Waals surface area contributed by atoms with Crippen LogP contribution in [0.25, 0.3) is 0 Å². The van der Waals surface area contributed by atoms with Gasteiger partial charge in [0.15, 0.2) is 0 Å². The SMILES string of the molecule is CC(C)Oc1ccccc1C(O)c1cncs1.